The van der Waals surface area contributed by atoms with Crippen LogP contribution in [-0.4, -0.2) is 17.0 Å². The average molecular weight is 207 g/mol. The van der Waals surface area contributed by atoms with Crippen LogP contribution in [0, 0.1) is 12.3 Å². The molecule has 0 aromatic heterocycles. The predicted molar refractivity (Wildman–Crippen MR) is 59.4 cm³/mol. The van der Waals surface area contributed by atoms with Crippen LogP contribution in [0.3, 0.4) is 0 Å². The molecule has 2 rings (SSSR count). The second-order valence-corrected chi connectivity index (χ2v) is 5.61. The average Bonchev–Trinajstić information content (AvgIpc) is 2.70. The molecule has 1 radical (unpaired) electrons. The van der Waals surface area contributed by atoms with Crippen molar-refractivity contribution in [1.29, 1.82) is 0 Å². The normalized spacial score (nSPS) is 42.7. The second-order valence-electron chi connectivity index (χ2n) is 5.61. The summed E-state index contributed by atoms with van der Waals surface area (Å²) in [6.07, 6.45) is 6.93. The molecule has 1 saturated heterocycles. The van der Waals surface area contributed by atoms with Gasteiger partial charge in [-0.25, -0.2) is 0 Å². The summed E-state index contributed by atoms with van der Waals surface area (Å²) in [5.41, 5.74) is -0.168. The van der Waals surface area contributed by atoms with Crippen LogP contribution in [0.1, 0.15) is 40.0 Å². The Morgan fingerprint density at radius 2 is 2.00 bits per heavy atom. The van der Waals surface area contributed by atoms with E-state index in [9.17, 15) is 4.79 Å². The molecule has 0 aromatic rings. The molecule has 2 nitrogen and oxygen atoms in total. The quantitative estimate of drug-likeness (QED) is 0.514. The zero-order chi connectivity index (χ0) is 11.3. The lowest BCUT2D eigenvalue weighted by Crippen LogP contribution is -2.41. The van der Waals surface area contributed by atoms with Crippen molar-refractivity contribution in [2.24, 2.45) is 5.41 Å². The molecule has 0 bridgehead atoms. The number of rotatable bonds is 2. The lowest BCUT2D eigenvalue weighted by molar-refractivity contribution is -0.110. The predicted octanol–water partition coefficient (Wildman–Crippen LogP) is 2.68. The number of carbonyl (C=O) groups excluding carboxylic acids is 1. The van der Waals surface area contributed by atoms with E-state index in [-0.39, 0.29) is 22.4 Å². The minimum Gasteiger partial charge on any atom is -0.358 e. The van der Waals surface area contributed by atoms with E-state index in [0.717, 1.165) is 12.8 Å². The smallest absolute Gasteiger partial charge is 0.155 e. The second kappa shape index (κ2) is 2.94. The Bertz CT molecular complexity index is 329. The third-order valence-electron chi connectivity index (χ3n) is 4.10. The van der Waals surface area contributed by atoms with Crippen molar-refractivity contribution in [3.63, 3.8) is 0 Å². The van der Waals surface area contributed by atoms with Crippen LogP contribution in [0.15, 0.2) is 12.2 Å². The van der Waals surface area contributed by atoms with E-state index in [2.05, 4.69) is 27.7 Å². The minimum atomic E-state index is -0.231. The first kappa shape index (κ1) is 10.9. The Morgan fingerprint density at radius 3 is 2.53 bits per heavy atom. The third kappa shape index (κ3) is 1.38. The van der Waals surface area contributed by atoms with Crippen LogP contribution in [0.25, 0.3) is 0 Å². The Kier molecular flexibility index (Phi) is 2.13. The molecule has 1 aliphatic carbocycles. The first-order valence-electron chi connectivity index (χ1n) is 5.58. The van der Waals surface area contributed by atoms with Crippen molar-refractivity contribution in [3.05, 3.63) is 19.1 Å². The number of hydrogen-bond donors (Lipinski definition) is 0. The van der Waals surface area contributed by atoms with Gasteiger partial charge in [0, 0.05) is 12.3 Å². The SMILES string of the molecule is [CH2]C(=O)C=CC12OC1(C)CCCC2(C)C. The van der Waals surface area contributed by atoms with E-state index >= 15 is 0 Å². The zero-order valence-corrected chi connectivity index (χ0v) is 9.80. The summed E-state index contributed by atoms with van der Waals surface area (Å²) in [4.78, 5) is 10.9. The summed E-state index contributed by atoms with van der Waals surface area (Å²) in [5, 5.41) is 0. The molecule has 2 aliphatic rings. The molecule has 2 heteroatoms. The summed E-state index contributed by atoms with van der Waals surface area (Å²) in [5.74, 6) is -0.149. The maximum absolute atomic E-state index is 10.9. The number of epoxide rings is 1. The summed E-state index contributed by atoms with van der Waals surface area (Å²) >= 11 is 0. The molecule has 0 spiro atoms. The van der Waals surface area contributed by atoms with Crippen molar-refractivity contribution < 1.29 is 9.53 Å². The highest BCUT2D eigenvalue weighted by Gasteiger charge is 2.73. The molecule has 83 valence electrons. The fourth-order valence-corrected chi connectivity index (χ4v) is 3.12. The van der Waals surface area contributed by atoms with E-state index in [1.807, 2.05) is 6.08 Å². The van der Waals surface area contributed by atoms with Gasteiger partial charge in [0.2, 0.25) is 0 Å². The van der Waals surface area contributed by atoms with E-state index < -0.39 is 0 Å². The fraction of sp³-hybridized carbons (Fsp3) is 0.692. The first-order valence-corrected chi connectivity index (χ1v) is 5.58. The Hall–Kier alpha value is -0.630. The van der Waals surface area contributed by atoms with Gasteiger partial charge in [-0.05, 0) is 38.3 Å². The van der Waals surface area contributed by atoms with Gasteiger partial charge in [-0.1, -0.05) is 13.8 Å². The van der Waals surface area contributed by atoms with Gasteiger partial charge in [-0.3, -0.25) is 4.79 Å². The first-order chi connectivity index (χ1) is 6.83. The lowest BCUT2D eigenvalue weighted by Gasteiger charge is -2.36. The highest BCUT2D eigenvalue weighted by atomic mass is 16.6. The molecular formula is C13H19O2. The van der Waals surface area contributed by atoms with Crippen LogP contribution in [0.4, 0.5) is 0 Å². The molecule has 0 amide bonds. The molecule has 2 atom stereocenters. The van der Waals surface area contributed by atoms with E-state index in [1.54, 1.807) is 6.08 Å². The Morgan fingerprint density at radius 1 is 1.33 bits per heavy atom. The van der Waals surface area contributed by atoms with Crippen LogP contribution < -0.4 is 0 Å². The van der Waals surface area contributed by atoms with E-state index in [0.29, 0.717) is 0 Å². The summed E-state index contributed by atoms with van der Waals surface area (Å²) in [6, 6.07) is 0. The van der Waals surface area contributed by atoms with Crippen molar-refractivity contribution in [2.45, 2.75) is 51.2 Å². The third-order valence-corrected chi connectivity index (χ3v) is 4.10. The van der Waals surface area contributed by atoms with Crippen LogP contribution >= 0.6 is 0 Å². The molecular weight excluding hydrogens is 188 g/mol. The van der Waals surface area contributed by atoms with Crippen molar-refractivity contribution in [2.75, 3.05) is 0 Å². The maximum atomic E-state index is 10.9. The number of ketones is 1. The molecule has 1 saturated carbocycles. The number of allylic oxidation sites excluding steroid dienone is 1. The van der Waals surface area contributed by atoms with Crippen molar-refractivity contribution in [1.82, 2.24) is 0 Å². The number of carbonyl (C=O) groups is 1. The van der Waals surface area contributed by atoms with Gasteiger partial charge in [0.25, 0.3) is 0 Å². The highest BCUT2D eigenvalue weighted by Crippen LogP contribution is 2.65. The molecule has 0 N–H and O–H groups in total. The topological polar surface area (TPSA) is 29.6 Å². The van der Waals surface area contributed by atoms with Gasteiger partial charge >= 0.3 is 0 Å². The van der Waals surface area contributed by atoms with Gasteiger partial charge in [0.05, 0.1) is 5.60 Å². The fourth-order valence-electron chi connectivity index (χ4n) is 3.12. The summed E-state index contributed by atoms with van der Waals surface area (Å²) in [6.45, 7) is 9.94. The van der Waals surface area contributed by atoms with E-state index in [4.69, 9.17) is 4.74 Å². The summed E-state index contributed by atoms with van der Waals surface area (Å²) in [7, 11) is 0. The molecule has 15 heavy (non-hydrogen) atoms. The Labute approximate surface area is 91.7 Å². The monoisotopic (exact) mass is 207 g/mol. The molecule has 0 aromatic carbocycles. The largest absolute Gasteiger partial charge is 0.358 e. The van der Waals surface area contributed by atoms with Gasteiger partial charge in [-0.15, -0.1) is 0 Å². The van der Waals surface area contributed by atoms with E-state index in [1.165, 1.54) is 6.42 Å². The van der Waals surface area contributed by atoms with Crippen molar-refractivity contribution in [3.8, 4) is 0 Å². The molecule has 2 fully saturated rings. The van der Waals surface area contributed by atoms with Crippen molar-refractivity contribution >= 4 is 5.78 Å². The minimum absolute atomic E-state index is 0.0549. The lowest BCUT2D eigenvalue weighted by atomic mass is 9.64. The van der Waals surface area contributed by atoms with Gasteiger partial charge in [-0.2, -0.15) is 0 Å². The molecule has 1 heterocycles. The van der Waals surface area contributed by atoms with Crippen LogP contribution in [-0.2, 0) is 9.53 Å². The van der Waals surface area contributed by atoms with Gasteiger partial charge < -0.3 is 4.74 Å². The number of hydrogen-bond acceptors (Lipinski definition) is 2. The van der Waals surface area contributed by atoms with Crippen LogP contribution in [0.2, 0.25) is 0 Å². The Balaban J connectivity index is 2.29. The number of fused-ring (bicyclic) bond motifs is 1. The number of ether oxygens (including phenoxy) is 1. The highest BCUT2D eigenvalue weighted by molar-refractivity contribution is 5.93. The molecule has 2 unspecified atom stereocenters. The zero-order valence-electron chi connectivity index (χ0n) is 9.80. The molecule has 1 aliphatic heterocycles. The standard InChI is InChI=1S/C13H19O2/c1-10(14)6-9-13-11(2,3)7-5-8-12(13,4)15-13/h6,9H,1,5,7-8H2,2-4H3. The maximum Gasteiger partial charge on any atom is 0.155 e. The van der Waals surface area contributed by atoms with Crippen LogP contribution in [0.5, 0.6) is 0 Å². The van der Waals surface area contributed by atoms with Gasteiger partial charge in [0.15, 0.2) is 5.78 Å². The summed E-state index contributed by atoms with van der Waals surface area (Å²) < 4.78 is 5.95. The van der Waals surface area contributed by atoms with Gasteiger partial charge in [0.1, 0.15) is 5.60 Å².